The smallest absolute Gasteiger partial charge is 0.407 e. The van der Waals surface area contributed by atoms with Crippen molar-refractivity contribution in [1.29, 1.82) is 5.26 Å². The Balaban J connectivity index is 1.86. The molecule has 0 spiro atoms. The fraction of sp³-hybridized carbons (Fsp3) is 0.500. The van der Waals surface area contributed by atoms with Gasteiger partial charge in [0.25, 0.3) is 0 Å². The summed E-state index contributed by atoms with van der Waals surface area (Å²) < 4.78 is 12.0. The highest BCUT2D eigenvalue weighted by atomic mass is 16.6. The van der Waals surface area contributed by atoms with E-state index in [-0.39, 0.29) is 18.1 Å². The molecule has 2 aromatic heterocycles. The molecular weight excluding hydrogens is 356 g/mol. The Hall–Kier alpha value is -2.94. The predicted octanol–water partition coefficient (Wildman–Crippen LogP) is -0.713. The largest absolute Gasteiger partial charge is 0.447 e. The number of hydrogen-bond acceptors (Lipinski definition) is 9. The van der Waals surface area contributed by atoms with Gasteiger partial charge in [0, 0.05) is 6.54 Å². The van der Waals surface area contributed by atoms with Crippen molar-refractivity contribution in [3.8, 4) is 6.07 Å². The Kier molecular flexibility index (Phi) is 5.13. The summed E-state index contributed by atoms with van der Waals surface area (Å²) in [6.07, 6.45) is -2.88. The highest BCUT2D eigenvalue weighted by molar-refractivity contribution is 5.67. The van der Waals surface area contributed by atoms with Crippen LogP contribution in [0.5, 0.6) is 0 Å². The lowest BCUT2D eigenvalue weighted by molar-refractivity contribution is -0.0659. The molecule has 1 fully saturated rings. The van der Waals surface area contributed by atoms with Gasteiger partial charge in [-0.05, 0) is 18.6 Å². The zero-order valence-corrected chi connectivity index (χ0v) is 14.6. The molecule has 0 radical (unpaired) electrons. The number of amides is 1. The normalized spacial score (nSPS) is 27.4. The molecule has 3 rings (SSSR count). The molecule has 4 atom stereocenters. The molecule has 1 saturated heterocycles. The van der Waals surface area contributed by atoms with Gasteiger partial charge < -0.3 is 30.7 Å². The lowest BCUT2D eigenvalue weighted by atomic mass is 9.92. The molecule has 144 valence electrons. The Morgan fingerprint density at radius 1 is 1.56 bits per heavy atom. The van der Waals surface area contributed by atoms with Crippen molar-refractivity contribution in [2.45, 2.75) is 37.3 Å². The first-order valence-electron chi connectivity index (χ1n) is 8.39. The Labute approximate surface area is 154 Å². The van der Waals surface area contributed by atoms with E-state index >= 15 is 0 Å². The topological polar surface area (TPSA) is 168 Å². The number of hydrogen-bond donors (Lipinski definition) is 4. The third kappa shape index (κ3) is 3.14. The number of nitrogens with zero attached hydrogens (tertiary/aromatic N) is 4. The summed E-state index contributed by atoms with van der Waals surface area (Å²) in [5.74, 6) is 0.185. The molecule has 2 aromatic rings. The summed E-state index contributed by atoms with van der Waals surface area (Å²) in [6, 6.07) is 5.00. The standard InChI is InChI=1S/C16H20N6O5/c1-2-5-19-15(25)26-6-10-12(23)13(24)16(7-17,27-10)11-4-3-9-14(18)20-8-21-22(9)11/h3-4,8,10,12-13,23-24H,2,5-6H2,1H3,(H,19,25)(H2,18,20,21)/t10-,12-,13-,16+/m1/s1. The Bertz CT molecular complexity index is 880. The SMILES string of the molecule is CCCNC(=O)OC[C@H]1O[C@@](C#N)(c2ccc3c(N)ncnn23)[C@H](O)[C@@H]1O. The summed E-state index contributed by atoms with van der Waals surface area (Å²) >= 11 is 0. The van der Waals surface area contributed by atoms with Crippen molar-refractivity contribution < 1.29 is 24.5 Å². The highest BCUT2D eigenvalue weighted by Crippen LogP contribution is 2.40. The van der Waals surface area contributed by atoms with E-state index in [0.717, 1.165) is 6.42 Å². The third-order valence-electron chi connectivity index (χ3n) is 4.38. The number of anilines is 1. The summed E-state index contributed by atoms with van der Waals surface area (Å²) in [5.41, 5.74) is 4.48. The number of carbonyl (C=O) groups excluding carboxylic acids is 1. The lowest BCUT2D eigenvalue weighted by Gasteiger charge is -2.24. The van der Waals surface area contributed by atoms with Crippen LogP contribution in [-0.2, 0) is 15.1 Å². The third-order valence-corrected chi connectivity index (χ3v) is 4.38. The van der Waals surface area contributed by atoms with Crippen LogP contribution in [0.3, 0.4) is 0 Å². The molecule has 0 saturated carbocycles. The maximum Gasteiger partial charge on any atom is 0.407 e. The van der Waals surface area contributed by atoms with Crippen LogP contribution in [0.4, 0.5) is 10.6 Å². The van der Waals surface area contributed by atoms with Gasteiger partial charge in [-0.2, -0.15) is 10.4 Å². The highest BCUT2D eigenvalue weighted by Gasteiger charge is 2.57. The molecule has 0 aromatic carbocycles. The maximum atomic E-state index is 11.6. The minimum absolute atomic E-state index is 0.179. The zero-order valence-electron chi connectivity index (χ0n) is 14.6. The average molecular weight is 376 g/mol. The quantitative estimate of drug-likeness (QED) is 0.526. The number of fused-ring (bicyclic) bond motifs is 1. The Morgan fingerprint density at radius 3 is 3.04 bits per heavy atom. The van der Waals surface area contributed by atoms with Gasteiger partial charge in [-0.25, -0.2) is 14.3 Å². The van der Waals surface area contributed by atoms with Crippen LogP contribution in [0, 0.1) is 11.3 Å². The number of nitrogens with two attached hydrogens (primary N) is 1. The van der Waals surface area contributed by atoms with E-state index < -0.39 is 30.0 Å². The van der Waals surface area contributed by atoms with E-state index in [1.807, 2.05) is 13.0 Å². The summed E-state index contributed by atoms with van der Waals surface area (Å²) in [7, 11) is 0. The molecule has 0 unspecified atom stereocenters. The monoisotopic (exact) mass is 376 g/mol. The average Bonchev–Trinajstić information content (AvgIpc) is 3.21. The molecule has 27 heavy (non-hydrogen) atoms. The number of aliphatic hydroxyl groups is 2. The number of nitrogens with one attached hydrogen (secondary N) is 1. The van der Waals surface area contributed by atoms with Crippen molar-refractivity contribution in [3.05, 3.63) is 24.2 Å². The number of alkyl carbamates (subject to hydrolysis) is 1. The van der Waals surface area contributed by atoms with Crippen LogP contribution in [-0.4, -0.2) is 62.4 Å². The number of nitrogen functional groups attached to an aromatic ring is 1. The molecule has 0 bridgehead atoms. The van der Waals surface area contributed by atoms with Crippen molar-refractivity contribution in [3.63, 3.8) is 0 Å². The first-order chi connectivity index (χ1) is 12.9. The molecule has 0 aliphatic carbocycles. The fourth-order valence-corrected chi connectivity index (χ4v) is 2.99. The molecule has 1 aliphatic rings. The maximum absolute atomic E-state index is 11.6. The number of rotatable bonds is 5. The zero-order chi connectivity index (χ0) is 19.6. The van der Waals surface area contributed by atoms with E-state index in [1.54, 1.807) is 6.07 Å². The number of nitriles is 1. The minimum atomic E-state index is -1.92. The van der Waals surface area contributed by atoms with E-state index in [0.29, 0.717) is 12.1 Å². The predicted molar refractivity (Wildman–Crippen MR) is 91.2 cm³/mol. The van der Waals surface area contributed by atoms with Crippen LogP contribution in [0.1, 0.15) is 19.0 Å². The van der Waals surface area contributed by atoms with E-state index in [9.17, 15) is 20.3 Å². The fourth-order valence-electron chi connectivity index (χ4n) is 2.99. The van der Waals surface area contributed by atoms with E-state index in [1.165, 1.54) is 16.9 Å². The number of carbonyl (C=O) groups is 1. The van der Waals surface area contributed by atoms with Gasteiger partial charge in [-0.1, -0.05) is 6.92 Å². The number of ether oxygens (including phenoxy) is 2. The van der Waals surface area contributed by atoms with Gasteiger partial charge in [0.15, 0.2) is 5.82 Å². The van der Waals surface area contributed by atoms with Gasteiger partial charge >= 0.3 is 6.09 Å². The van der Waals surface area contributed by atoms with E-state index in [4.69, 9.17) is 15.2 Å². The van der Waals surface area contributed by atoms with Crippen molar-refractivity contribution in [1.82, 2.24) is 19.9 Å². The van der Waals surface area contributed by atoms with Crippen LogP contribution < -0.4 is 11.1 Å². The van der Waals surface area contributed by atoms with Gasteiger partial charge in [0.1, 0.15) is 42.8 Å². The van der Waals surface area contributed by atoms with Crippen molar-refractivity contribution >= 4 is 17.4 Å². The van der Waals surface area contributed by atoms with Gasteiger partial charge in [-0.3, -0.25) is 0 Å². The van der Waals surface area contributed by atoms with Gasteiger partial charge in [0.05, 0.1) is 5.69 Å². The van der Waals surface area contributed by atoms with E-state index in [2.05, 4.69) is 15.4 Å². The van der Waals surface area contributed by atoms with Crippen LogP contribution >= 0.6 is 0 Å². The van der Waals surface area contributed by atoms with Gasteiger partial charge in [0.2, 0.25) is 5.60 Å². The van der Waals surface area contributed by atoms with Crippen LogP contribution in [0.2, 0.25) is 0 Å². The molecule has 1 amide bonds. The van der Waals surface area contributed by atoms with Gasteiger partial charge in [-0.15, -0.1) is 0 Å². The molecule has 11 heteroatoms. The first kappa shape index (κ1) is 18.8. The molecule has 5 N–H and O–H groups in total. The van der Waals surface area contributed by atoms with Crippen LogP contribution in [0.25, 0.3) is 5.52 Å². The molecule has 3 heterocycles. The first-order valence-corrected chi connectivity index (χ1v) is 8.39. The summed E-state index contributed by atoms with van der Waals surface area (Å²) in [5, 5.41) is 37.2. The second-order valence-corrected chi connectivity index (χ2v) is 6.13. The second-order valence-electron chi connectivity index (χ2n) is 6.13. The van der Waals surface area contributed by atoms with Crippen molar-refractivity contribution in [2.24, 2.45) is 0 Å². The summed E-state index contributed by atoms with van der Waals surface area (Å²) in [6.45, 7) is 1.99. The molecular formula is C16H20N6O5. The molecule has 1 aliphatic heterocycles. The number of aromatic nitrogens is 3. The van der Waals surface area contributed by atoms with Crippen LogP contribution in [0.15, 0.2) is 18.5 Å². The van der Waals surface area contributed by atoms with Crippen molar-refractivity contribution in [2.75, 3.05) is 18.9 Å². The lowest BCUT2D eigenvalue weighted by Crippen LogP contribution is -2.41. The minimum Gasteiger partial charge on any atom is -0.447 e. The molecule has 11 nitrogen and oxygen atoms in total. The second kappa shape index (κ2) is 7.36. The summed E-state index contributed by atoms with van der Waals surface area (Å²) in [4.78, 5) is 15.4. The Morgan fingerprint density at radius 2 is 2.33 bits per heavy atom. The number of aliphatic hydroxyl groups excluding tert-OH is 2.